The summed E-state index contributed by atoms with van der Waals surface area (Å²) >= 11 is 6.60. The molecule has 0 radical (unpaired) electrons. The van der Waals surface area contributed by atoms with Crippen molar-refractivity contribution in [3.8, 4) is 0 Å². The Bertz CT molecular complexity index is 1580. The molecule has 58 heavy (non-hydrogen) atoms. The second-order valence-electron chi connectivity index (χ2n) is 19.2. The minimum atomic E-state index is -1.28. The fourth-order valence-corrected chi connectivity index (χ4v) is 7.97. The molecule has 1 unspecified atom stereocenters. The maximum atomic E-state index is 14.5. The Balaban J connectivity index is 1.67. The molecule has 3 fully saturated rings. The van der Waals surface area contributed by atoms with Crippen LogP contribution in [0, 0.1) is 11.8 Å². The maximum Gasteiger partial charge on any atom is 0.495 e. The summed E-state index contributed by atoms with van der Waals surface area (Å²) in [6, 6.07) is 2.15. The van der Waals surface area contributed by atoms with Gasteiger partial charge in [-0.25, -0.2) is 4.79 Å². The number of hydrogen-bond donors (Lipinski definition) is 3. The van der Waals surface area contributed by atoms with Gasteiger partial charge in [0.25, 0.3) is 0 Å². The molecule has 13 nitrogen and oxygen atoms in total. The number of aliphatic hydroxyl groups is 1. The van der Waals surface area contributed by atoms with Crippen LogP contribution in [-0.4, -0.2) is 126 Å². The van der Waals surface area contributed by atoms with Crippen molar-refractivity contribution in [2.24, 2.45) is 11.8 Å². The lowest BCUT2D eigenvalue weighted by molar-refractivity contribution is -0.144. The fourth-order valence-electron chi connectivity index (χ4n) is 7.78. The van der Waals surface area contributed by atoms with E-state index in [9.17, 15) is 24.3 Å². The van der Waals surface area contributed by atoms with Crippen LogP contribution in [0.3, 0.4) is 0 Å². The highest BCUT2D eigenvalue weighted by Gasteiger charge is 2.52. The summed E-state index contributed by atoms with van der Waals surface area (Å²) < 4.78 is 18.4. The molecule has 2 saturated heterocycles. The van der Waals surface area contributed by atoms with Crippen LogP contribution >= 0.6 is 11.6 Å². The average molecular weight is 832 g/mol. The molecule has 2 aliphatic heterocycles. The third kappa shape index (κ3) is 12.6. The average Bonchev–Trinajstić information content (AvgIpc) is 3.92. The zero-order chi connectivity index (χ0) is 43.3. The largest absolute Gasteiger partial charge is 0.495 e. The van der Waals surface area contributed by atoms with Gasteiger partial charge in [0.15, 0.2) is 0 Å². The molecule has 1 saturated carbocycles. The Kier molecular flexibility index (Phi) is 16.2. The number of carbonyl (C=O) groups excluding carboxylic acids is 4. The molecule has 326 valence electrons. The number of carbonyl (C=O) groups is 4. The first kappa shape index (κ1) is 47.8. The highest BCUT2D eigenvalue weighted by molar-refractivity contribution is 6.62. The standard InChI is InChI=1S/C43H71BClN5O8/c1-27(2)24-32-37(52)50(12)34(26-29-25-30(45)21-22-31(29)44-57-42(6,7)43(8,9)58-44)38(53)48(10)23-17-15-13-14-16-18-33(36(51)46-32)49(11)39(54)35(28-19-20-28)47-40(55)56-41(3,4)5/h21-22,25,27-28,32-35,37,52H,13-20,23-24,26H2,1-12H3,(H,46,51)(H,47,55)/t32-,33-,34-,35-,37?/m0/s1. The van der Waals surface area contributed by atoms with Crippen LogP contribution < -0.4 is 16.1 Å². The molecule has 1 aromatic rings. The van der Waals surface area contributed by atoms with Gasteiger partial charge in [0.2, 0.25) is 17.7 Å². The fraction of sp³-hybridized carbons (Fsp3) is 0.767. The van der Waals surface area contributed by atoms with E-state index in [1.54, 1.807) is 57.8 Å². The predicted molar refractivity (Wildman–Crippen MR) is 228 cm³/mol. The Morgan fingerprint density at radius 2 is 1.64 bits per heavy atom. The van der Waals surface area contributed by atoms with Crippen molar-refractivity contribution < 1.29 is 38.3 Å². The topological polar surface area (TPSA) is 150 Å². The highest BCUT2D eigenvalue weighted by atomic mass is 35.5. The lowest BCUT2D eigenvalue weighted by Crippen LogP contribution is -2.61. The molecular formula is C43H71BClN5O8. The van der Waals surface area contributed by atoms with Gasteiger partial charge < -0.3 is 39.6 Å². The van der Waals surface area contributed by atoms with Gasteiger partial charge in [0.1, 0.15) is 23.9 Å². The SMILES string of the molecule is CC(C)C[C@@H]1NC(=O)[C@@H](N(C)C(=O)[C@@H](NC(=O)OC(C)(C)C)C2CC2)CCCCCCCN(C)C(=O)[C@H](Cc2cc(Cl)ccc2B2OC(C)(C)C(C)(C)O2)N(C)C1O. The van der Waals surface area contributed by atoms with E-state index in [2.05, 4.69) is 10.6 Å². The second kappa shape index (κ2) is 19.6. The van der Waals surface area contributed by atoms with Crippen molar-refractivity contribution in [3.63, 3.8) is 0 Å². The number of halogens is 1. The zero-order valence-corrected chi connectivity index (χ0v) is 37.9. The Hall–Kier alpha value is -2.91. The van der Waals surface area contributed by atoms with E-state index in [-0.39, 0.29) is 30.1 Å². The van der Waals surface area contributed by atoms with Gasteiger partial charge in [-0.3, -0.25) is 19.3 Å². The third-order valence-electron chi connectivity index (χ3n) is 12.1. The smallest absolute Gasteiger partial charge is 0.444 e. The molecule has 5 atom stereocenters. The van der Waals surface area contributed by atoms with Crippen molar-refractivity contribution in [2.45, 2.75) is 174 Å². The summed E-state index contributed by atoms with van der Waals surface area (Å²) in [4.78, 5) is 60.8. The summed E-state index contributed by atoms with van der Waals surface area (Å²) in [5.41, 5.74) is -0.418. The van der Waals surface area contributed by atoms with E-state index in [0.717, 1.165) is 49.6 Å². The van der Waals surface area contributed by atoms with Crippen molar-refractivity contribution in [1.29, 1.82) is 0 Å². The summed E-state index contributed by atoms with van der Waals surface area (Å²) in [5.74, 6) is -0.901. The van der Waals surface area contributed by atoms with Crippen molar-refractivity contribution >= 4 is 48.0 Å². The van der Waals surface area contributed by atoms with Crippen LogP contribution in [0.2, 0.25) is 5.02 Å². The molecular weight excluding hydrogens is 761 g/mol. The zero-order valence-electron chi connectivity index (χ0n) is 37.2. The number of likely N-dealkylation sites (N-methyl/N-ethyl adjacent to an activating group) is 3. The Morgan fingerprint density at radius 3 is 2.22 bits per heavy atom. The predicted octanol–water partition coefficient (Wildman–Crippen LogP) is 5.27. The third-order valence-corrected chi connectivity index (χ3v) is 12.4. The lowest BCUT2D eigenvalue weighted by atomic mass is 9.74. The van der Waals surface area contributed by atoms with Gasteiger partial charge >= 0.3 is 13.2 Å². The molecule has 0 spiro atoms. The second-order valence-corrected chi connectivity index (χ2v) is 19.7. The molecule has 1 aliphatic carbocycles. The summed E-state index contributed by atoms with van der Waals surface area (Å²) in [5, 5.41) is 18.7. The number of amides is 4. The molecule has 15 heteroatoms. The number of nitrogens with zero attached hydrogens (tertiary/aromatic N) is 3. The van der Waals surface area contributed by atoms with Crippen LogP contribution in [-0.2, 0) is 34.9 Å². The van der Waals surface area contributed by atoms with E-state index in [1.807, 2.05) is 53.7 Å². The minimum absolute atomic E-state index is 0.0433. The molecule has 3 N–H and O–H groups in total. The quantitative estimate of drug-likeness (QED) is 0.283. The van der Waals surface area contributed by atoms with Crippen LogP contribution in [0.15, 0.2) is 18.2 Å². The molecule has 4 rings (SSSR count). The van der Waals surface area contributed by atoms with E-state index in [4.69, 9.17) is 25.6 Å². The summed E-state index contributed by atoms with van der Waals surface area (Å²) in [6.45, 7) is 17.8. The number of alkyl carbamates (subject to hydrolysis) is 1. The van der Waals surface area contributed by atoms with Gasteiger partial charge in [-0.15, -0.1) is 0 Å². The van der Waals surface area contributed by atoms with Crippen molar-refractivity contribution in [1.82, 2.24) is 25.3 Å². The summed E-state index contributed by atoms with van der Waals surface area (Å²) in [7, 11) is 4.42. The van der Waals surface area contributed by atoms with Crippen LogP contribution in [0.25, 0.3) is 0 Å². The first-order chi connectivity index (χ1) is 26.9. The van der Waals surface area contributed by atoms with Crippen molar-refractivity contribution in [3.05, 3.63) is 28.8 Å². The number of nitrogens with one attached hydrogen (secondary N) is 2. The molecule has 1 aromatic carbocycles. The monoisotopic (exact) mass is 832 g/mol. The Labute approximate surface area is 352 Å². The van der Waals surface area contributed by atoms with Crippen molar-refractivity contribution in [2.75, 3.05) is 27.7 Å². The van der Waals surface area contributed by atoms with Crippen LogP contribution in [0.4, 0.5) is 4.79 Å². The van der Waals surface area contributed by atoms with E-state index in [0.29, 0.717) is 30.8 Å². The Morgan fingerprint density at radius 1 is 1.03 bits per heavy atom. The van der Waals surface area contributed by atoms with E-state index < -0.39 is 66.3 Å². The number of ether oxygens (including phenoxy) is 1. The molecule has 3 aliphatic rings. The van der Waals surface area contributed by atoms with Crippen LogP contribution in [0.1, 0.15) is 126 Å². The van der Waals surface area contributed by atoms with Crippen LogP contribution in [0.5, 0.6) is 0 Å². The first-order valence-corrected chi connectivity index (χ1v) is 21.7. The highest BCUT2D eigenvalue weighted by Crippen LogP contribution is 2.37. The van der Waals surface area contributed by atoms with Gasteiger partial charge in [0.05, 0.1) is 23.3 Å². The number of rotatable bonds is 9. The van der Waals surface area contributed by atoms with Gasteiger partial charge in [-0.2, -0.15) is 0 Å². The first-order valence-electron chi connectivity index (χ1n) is 21.3. The van der Waals surface area contributed by atoms with Gasteiger partial charge in [0, 0.05) is 25.7 Å². The number of hydrogen-bond acceptors (Lipinski definition) is 9. The number of benzene rings is 1. The molecule has 2 heterocycles. The van der Waals surface area contributed by atoms with Gasteiger partial charge in [-0.1, -0.05) is 57.2 Å². The summed E-state index contributed by atoms with van der Waals surface area (Å²) in [6.07, 6.45) is 4.72. The number of aliphatic hydroxyl groups excluding tert-OH is 1. The lowest BCUT2D eigenvalue weighted by Gasteiger charge is -2.39. The van der Waals surface area contributed by atoms with Gasteiger partial charge in [-0.05, 0) is 129 Å². The molecule has 0 aromatic heterocycles. The molecule has 0 bridgehead atoms. The van der Waals surface area contributed by atoms with E-state index in [1.165, 1.54) is 4.90 Å². The molecule has 4 amide bonds. The minimum Gasteiger partial charge on any atom is -0.444 e. The van der Waals surface area contributed by atoms with E-state index >= 15 is 0 Å². The normalized spacial score (nSPS) is 26.0. The maximum absolute atomic E-state index is 14.5.